The average molecular weight is 347 g/mol. The van der Waals surface area contributed by atoms with Gasteiger partial charge in [-0.25, -0.2) is 4.39 Å². The molecule has 0 unspecified atom stereocenters. The molecule has 1 heterocycles. The van der Waals surface area contributed by atoms with E-state index in [0.29, 0.717) is 24.5 Å². The van der Waals surface area contributed by atoms with E-state index in [-0.39, 0.29) is 11.7 Å². The summed E-state index contributed by atoms with van der Waals surface area (Å²) < 4.78 is 13.1. The summed E-state index contributed by atoms with van der Waals surface area (Å²) in [7, 11) is 0. The molecule has 1 aromatic rings. The van der Waals surface area contributed by atoms with Crippen LogP contribution in [0.25, 0.3) is 0 Å². The van der Waals surface area contributed by atoms with Crippen molar-refractivity contribution in [2.24, 2.45) is 5.92 Å². The summed E-state index contributed by atoms with van der Waals surface area (Å²) in [6, 6.07) is 7.64. The van der Waals surface area contributed by atoms with E-state index in [1.165, 1.54) is 12.1 Å². The number of nitrogens with zero attached hydrogens (tertiary/aromatic N) is 2. The number of benzene rings is 1. The minimum Gasteiger partial charge on any atom is -0.352 e. The van der Waals surface area contributed by atoms with Gasteiger partial charge in [-0.1, -0.05) is 26.0 Å². The fourth-order valence-corrected chi connectivity index (χ4v) is 3.64. The molecule has 1 amide bonds. The predicted molar refractivity (Wildman–Crippen MR) is 97.7 cm³/mol. The maximum absolute atomic E-state index is 13.1. The molecule has 2 fully saturated rings. The molecular formula is C20H30FN3O. The third kappa shape index (κ3) is 5.51. The topological polar surface area (TPSA) is 35.6 Å². The smallest absolute Gasteiger partial charge is 0.234 e. The van der Waals surface area contributed by atoms with Gasteiger partial charge in [-0.15, -0.1) is 0 Å². The number of halogens is 1. The molecule has 4 nitrogen and oxygen atoms in total. The van der Waals surface area contributed by atoms with Crippen LogP contribution < -0.4 is 5.32 Å². The maximum atomic E-state index is 13.1. The Morgan fingerprint density at radius 1 is 1.24 bits per heavy atom. The molecule has 2 aliphatic rings. The van der Waals surface area contributed by atoms with Gasteiger partial charge in [0.05, 0.1) is 6.54 Å². The zero-order chi connectivity index (χ0) is 17.8. The standard InChI is InChI=1S/C20H30FN3O/c1-15(2)19-13-23(14-20(25)22-18-8-9-18)10-3-11-24(19)12-16-4-6-17(21)7-5-16/h4-7,15,18-19H,3,8-14H2,1-2H3,(H,22,25)/t19-/m1/s1. The van der Waals surface area contributed by atoms with Crippen molar-refractivity contribution in [3.05, 3.63) is 35.6 Å². The van der Waals surface area contributed by atoms with Gasteiger partial charge in [-0.2, -0.15) is 0 Å². The van der Waals surface area contributed by atoms with Crippen LogP contribution >= 0.6 is 0 Å². The molecule has 0 aromatic heterocycles. The first-order valence-electron chi connectivity index (χ1n) is 9.51. The van der Waals surface area contributed by atoms with Crippen LogP contribution in [-0.4, -0.2) is 54.0 Å². The van der Waals surface area contributed by atoms with Gasteiger partial charge in [0, 0.05) is 31.7 Å². The summed E-state index contributed by atoms with van der Waals surface area (Å²) in [5.41, 5.74) is 1.15. The molecule has 0 radical (unpaired) electrons. The van der Waals surface area contributed by atoms with Crippen LogP contribution in [0.1, 0.15) is 38.7 Å². The fraction of sp³-hybridized carbons (Fsp3) is 0.650. The average Bonchev–Trinajstić information content (AvgIpc) is 3.38. The predicted octanol–water partition coefficient (Wildman–Crippen LogP) is 2.64. The highest BCUT2D eigenvalue weighted by Gasteiger charge is 2.29. The van der Waals surface area contributed by atoms with E-state index in [2.05, 4.69) is 29.0 Å². The third-order valence-corrected chi connectivity index (χ3v) is 5.21. The number of hydrogen-bond acceptors (Lipinski definition) is 3. The van der Waals surface area contributed by atoms with E-state index >= 15 is 0 Å². The Balaban J connectivity index is 1.61. The fourth-order valence-electron chi connectivity index (χ4n) is 3.64. The van der Waals surface area contributed by atoms with Crippen molar-refractivity contribution in [2.75, 3.05) is 26.2 Å². The Morgan fingerprint density at radius 3 is 2.60 bits per heavy atom. The number of rotatable bonds is 6. The highest BCUT2D eigenvalue weighted by molar-refractivity contribution is 5.78. The van der Waals surface area contributed by atoms with Crippen LogP contribution in [0.4, 0.5) is 4.39 Å². The Bertz CT molecular complexity index is 571. The van der Waals surface area contributed by atoms with Gasteiger partial charge in [-0.05, 0) is 49.4 Å². The summed E-state index contributed by atoms with van der Waals surface area (Å²) in [5.74, 6) is 0.484. The molecule has 138 valence electrons. The van der Waals surface area contributed by atoms with E-state index in [1.54, 1.807) is 0 Å². The minimum atomic E-state index is -0.187. The van der Waals surface area contributed by atoms with Gasteiger partial charge in [0.1, 0.15) is 5.82 Å². The molecular weight excluding hydrogens is 317 g/mol. The first kappa shape index (κ1) is 18.3. The second kappa shape index (κ2) is 8.28. The minimum absolute atomic E-state index is 0.164. The summed E-state index contributed by atoms with van der Waals surface area (Å²) in [5, 5.41) is 3.09. The lowest BCUT2D eigenvalue weighted by molar-refractivity contribution is -0.122. The SMILES string of the molecule is CC(C)[C@H]1CN(CC(=O)NC2CC2)CCCN1Cc1ccc(F)cc1. The van der Waals surface area contributed by atoms with Gasteiger partial charge >= 0.3 is 0 Å². The van der Waals surface area contributed by atoms with Gasteiger partial charge in [0.2, 0.25) is 5.91 Å². The first-order chi connectivity index (χ1) is 12.0. The van der Waals surface area contributed by atoms with E-state index in [0.717, 1.165) is 51.0 Å². The molecule has 3 rings (SSSR count). The third-order valence-electron chi connectivity index (χ3n) is 5.21. The first-order valence-corrected chi connectivity index (χ1v) is 9.51. The molecule has 1 atom stereocenters. The lowest BCUT2D eigenvalue weighted by Gasteiger charge is -2.34. The van der Waals surface area contributed by atoms with Crippen LogP contribution in [0.3, 0.4) is 0 Å². The summed E-state index contributed by atoms with van der Waals surface area (Å²) in [6.07, 6.45) is 3.32. The molecule has 0 spiro atoms. The van der Waals surface area contributed by atoms with E-state index in [1.807, 2.05) is 12.1 Å². The van der Waals surface area contributed by atoms with E-state index in [9.17, 15) is 9.18 Å². The number of amides is 1. The zero-order valence-electron chi connectivity index (χ0n) is 15.4. The second-order valence-electron chi connectivity index (χ2n) is 7.84. The van der Waals surface area contributed by atoms with Gasteiger partial charge in [-0.3, -0.25) is 14.6 Å². The highest BCUT2D eigenvalue weighted by atomic mass is 19.1. The van der Waals surface area contributed by atoms with Crippen LogP contribution in [-0.2, 0) is 11.3 Å². The van der Waals surface area contributed by atoms with Gasteiger partial charge < -0.3 is 5.32 Å². The molecule has 1 aromatic carbocycles. The maximum Gasteiger partial charge on any atom is 0.234 e. The lowest BCUT2D eigenvalue weighted by atomic mass is 10.0. The van der Waals surface area contributed by atoms with Crippen molar-refractivity contribution in [3.8, 4) is 0 Å². The lowest BCUT2D eigenvalue weighted by Crippen LogP contribution is -2.46. The Hall–Kier alpha value is -1.46. The normalized spacial score (nSPS) is 22.8. The quantitative estimate of drug-likeness (QED) is 0.859. The van der Waals surface area contributed by atoms with Crippen LogP contribution in [0.15, 0.2) is 24.3 Å². The van der Waals surface area contributed by atoms with Crippen molar-refractivity contribution in [1.82, 2.24) is 15.1 Å². The number of nitrogens with one attached hydrogen (secondary N) is 1. The van der Waals surface area contributed by atoms with Crippen molar-refractivity contribution >= 4 is 5.91 Å². The van der Waals surface area contributed by atoms with Crippen molar-refractivity contribution < 1.29 is 9.18 Å². The van der Waals surface area contributed by atoms with Crippen LogP contribution in [0.2, 0.25) is 0 Å². The van der Waals surface area contributed by atoms with E-state index in [4.69, 9.17) is 0 Å². The Kier molecular flexibility index (Phi) is 6.07. The van der Waals surface area contributed by atoms with Crippen molar-refractivity contribution in [1.29, 1.82) is 0 Å². The molecule has 1 saturated carbocycles. The highest BCUT2D eigenvalue weighted by Crippen LogP contribution is 2.21. The summed E-state index contributed by atoms with van der Waals surface area (Å²) in [6.45, 7) is 8.72. The molecule has 1 saturated heterocycles. The molecule has 5 heteroatoms. The number of hydrogen-bond donors (Lipinski definition) is 1. The summed E-state index contributed by atoms with van der Waals surface area (Å²) >= 11 is 0. The summed E-state index contributed by atoms with van der Waals surface area (Å²) in [4.78, 5) is 16.9. The number of carbonyl (C=O) groups is 1. The molecule has 25 heavy (non-hydrogen) atoms. The Morgan fingerprint density at radius 2 is 1.96 bits per heavy atom. The van der Waals surface area contributed by atoms with E-state index < -0.39 is 0 Å². The molecule has 1 aliphatic heterocycles. The Labute approximate surface area is 150 Å². The van der Waals surface area contributed by atoms with Crippen LogP contribution in [0, 0.1) is 11.7 Å². The van der Waals surface area contributed by atoms with Gasteiger partial charge in [0.25, 0.3) is 0 Å². The van der Waals surface area contributed by atoms with Gasteiger partial charge in [0.15, 0.2) is 0 Å². The largest absolute Gasteiger partial charge is 0.352 e. The van der Waals surface area contributed by atoms with Crippen molar-refractivity contribution in [3.63, 3.8) is 0 Å². The monoisotopic (exact) mass is 347 g/mol. The molecule has 1 aliphatic carbocycles. The van der Waals surface area contributed by atoms with Crippen molar-refractivity contribution in [2.45, 2.75) is 51.7 Å². The zero-order valence-corrected chi connectivity index (χ0v) is 15.4. The number of carbonyl (C=O) groups excluding carboxylic acids is 1. The van der Waals surface area contributed by atoms with Crippen LogP contribution in [0.5, 0.6) is 0 Å². The second-order valence-corrected chi connectivity index (χ2v) is 7.84. The molecule has 1 N–H and O–H groups in total. The molecule has 0 bridgehead atoms.